The molecule has 1 heterocycles. The lowest BCUT2D eigenvalue weighted by atomic mass is 10.1. The molecule has 1 fully saturated rings. The molecule has 0 aromatic heterocycles. The molecule has 4 nitrogen and oxygen atoms in total. The second kappa shape index (κ2) is 8.67. The fourth-order valence-electron chi connectivity index (χ4n) is 3.30. The molecule has 1 aromatic rings. The van der Waals surface area contributed by atoms with Gasteiger partial charge in [0.15, 0.2) is 0 Å². The van der Waals surface area contributed by atoms with E-state index in [0.717, 1.165) is 43.2 Å². The van der Waals surface area contributed by atoms with Crippen LogP contribution in [-0.4, -0.2) is 61.1 Å². The highest BCUT2D eigenvalue weighted by Crippen LogP contribution is 2.18. The summed E-state index contributed by atoms with van der Waals surface area (Å²) < 4.78 is 5.18. The Bertz CT molecular complexity index is 511. The zero-order valence-electron chi connectivity index (χ0n) is 14.3. The van der Waals surface area contributed by atoms with Crippen molar-refractivity contribution in [1.29, 1.82) is 0 Å². The number of hydrogen-bond acceptors (Lipinski definition) is 3. The van der Waals surface area contributed by atoms with E-state index < -0.39 is 0 Å². The van der Waals surface area contributed by atoms with Crippen LogP contribution in [0.4, 0.5) is 0 Å². The Kier molecular flexibility index (Phi) is 6.88. The number of carbonyl (C=O) groups excluding carboxylic acids is 1. The highest BCUT2D eigenvalue weighted by Gasteiger charge is 2.31. The van der Waals surface area contributed by atoms with Gasteiger partial charge in [-0.2, -0.15) is 0 Å². The molecule has 1 saturated heterocycles. The van der Waals surface area contributed by atoms with Crippen LogP contribution in [0, 0.1) is 0 Å². The predicted octanol–water partition coefficient (Wildman–Crippen LogP) is 2.84. The number of rotatable bonds is 6. The van der Waals surface area contributed by atoms with Crippen LogP contribution in [0.2, 0.25) is 5.02 Å². The Balaban J connectivity index is 1.86. The summed E-state index contributed by atoms with van der Waals surface area (Å²) in [7, 11) is 1.73. The Morgan fingerprint density at radius 3 is 2.61 bits per heavy atom. The lowest BCUT2D eigenvalue weighted by Crippen LogP contribution is -2.58. The van der Waals surface area contributed by atoms with Crippen LogP contribution >= 0.6 is 11.6 Å². The maximum atomic E-state index is 12.5. The summed E-state index contributed by atoms with van der Waals surface area (Å²) >= 11 is 5.99. The second-order valence-electron chi connectivity index (χ2n) is 6.36. The first-order chi connectivity index (χ1) is 11.0. The van der Waals surface area contributed by atoms with Gasteiger partial charge < -0.3 is 9.64 Å². The average Bonchev–Trinajstić information content (AvgIpc) is 2.52. The molecule has 2 rings (SSSR count). The SMILES string of the molecule is COCCN1C(C)CN(C(=O)CCc2cccc(Cl)c2)CC1C. The third-order valence-electron chi connectivity index (χ3n) is 4.52. The van der Waals surface area contributed by atoms with Crippen molar-refractivity contribution in [3.05, 3.63) is 34.9 Å². The molecule has 0 spiro atoms. The third kappa shape index (κ3) is 5.20. The van der Waals surface area contributed by atoms with Crippen LogP contribution in [0.3, 0.4) is 0 Å². The van der Waals surface area contributed by atoms with Crippen LogP contribution in [0.25, 0.3) is 0 Å². The molecule has 5 heteroatoms. The van der Waals surface area contributed by atoms with Gasteiger partial charge in [0, 0.05) is 50.3 Å². The van der Waals surface area contributed by atoms with Crippen LogP contribution in [-0.2, 0) is 16.0 Å². The quantitative estimate of drug-likeness (QED) is 0.799. The van der Waals surface area contributed by atoms with E-state index in [2.05, 4.69) is 18.7 Å². The zero-order valence-corrected chi connectivity index (χ0v) is 15.1. The molecule has 2 atom stereocenters. The summed E-state index contributed by atoms with van der Waals surface area (Å²) in [5.74, 6) is 0.232. The Morgan fingerprint density at radius 1 is 1.30 bits per heavy atom. The van der Waals surface area contributed by atoms with E-state index in [9.17, 15) is 4.79 Å². The van der Waals surface area contributed by atoms with E-state index in [1.54, 1.807) is 7.11 Å². The highest BCUT2D eigenvalue weighted by molar-refractivity contribution is 6.30. The Hall–Kier alpha value is -1.10. The van der Waals surface area contributed by atoms with Crippen LogP contribution < -0.4 is 0 Å². The minimum Gasteiger partial charge on any atom is -0.383 e. The number of amides is 1. The second-order valence-corrected chi connectivity index (χ2v) is 6.79. The molecule has 128 valence electrons. The third-order valence-corrected chi connectivity index (χ3v) is 4.76. The number of carbonyl (C=O) groups is 1. The van der Waals surface area contributed by atoms with Gasteiger partial charge in [-0.1, -0.05) is 23.7 Å². The van der Waals surface area contributed by atoms with Gasteiger partial charge in [-0.15, -0.1) is 0 Å². The topological polar surface area (TPSA) is 32.8 Å². The van der Waals surface area contributed by atoms with E-state index in [-0.39, 0.29) is 5.91 Å². The van der Waals surface area contributed by atoms with Crippen LogP contribution in [0.15, 0.2) is 24.3 Å². The molecule has 0 N–H and O–H groups in total. The van der Waals surface area contributed by atoms with Crippen molar-refractivity contribution in [2.24, 2.45) is 0 Å². The standard InChI is InChI=1S/C18H27ClN2O2/c1-14-12-20(13-15(2)21(14)9-10-23-3)18(22)8-7-16-5-4-6-17(19)11-16/h4-6,11,14-15H,7-10,12-13H2,1-3H3. The molecule has 1 aliphatic heterocycles. The number of hydrogen-bond donors (Lipinski definition) is 0. The minimum absolute atomic E-state index is 0.232. The van der Waals surface area contributed by atoms with E-state index in [0.29, 0.717) is 18.5 Å². The van der Waals surface area contributed by atoms with Crippen molar-refractivity contribution in [3.63, 3.8) is 0 Å². The number of nitrogens with zero attached hydrogens (tertiary/aromatic N) is 2. The molecule has 1 aliphatic rings. The maximum absolute atomic E-state index is 12.5. The first-order valence-electron chi connectivity index (χ1n) is 8.28. The first kappa shape index (κ1) is 18.2. The summed E-state index contributed by atoms with van der Waals surface area (Å²) in [5, 5.41) is 0.726. The van der Waals surface area contributed by atoms with Crippen LogP contribution in [0.5, 0.6) is 0 Å². The van der Waals surface area contributed by atoms with Crippen LogP contribution in [0.1, 0.15) is 25.8 Å². The normalized spacial score (nSPS) is 22.3. The Morgan fingerprint density at radius 2 is 2.00 bits per heavy atom. The number of ether oxygens (including phenoxy) is 1. The fourth-order valence-corrected chi connectivity index (χ4v) is 3.51. The average molecular weight is 339 g/mol. The zero-order chi connectivity index (χ0) is 16.8. The van der Waals surface area contributed by atoms with Gasteiger partial charge in [-0.05, 0) is 38.0 Å². The number of aryl methyl sites for hydroxylation is 1. The number of benzene rings is 1. The lowest BCUT2D eigenvalue weighted by Gasteiger charge is -2.44. The molecule has 1 aromatic carbocycles. The molecule has 1 amide bonds. The van der Waals surface area contributed by atoms with E-state index >= 15 is 0 Å². The van der Waals surface area contributed by atoms with Crippen molar-refractivity contribution < 1.29 is 9.53 Å². The summed E-state index contributed by atoms with van der Waals surface area (Å²) in [6, 6.07) is 8.47. The molecule has 0 radical (unpaired) electrons. The fraction of sp³-hybridized carbons (Fsp3) is 0.611. The first-order valence-corrected chi connectivity index (χ1v) is 8.66. The van der Waals surface area contributed by atoms with Gasteiger partial charge in [0.25, 0.3) is 0 Å². The van der Waals surface area contributed by atoms with E-state index in [1.165, 1.54) is 0 Å². The largest absolute Gasteiger partial charge is 0.383 e. The minimum atomic E-state index is 0.232. The smallest absolute Gasteiger partial charge is 0.223 e. The van der Waals surface area contributed by atoms with Gasteiger partial charge in [0.05, 0.1) is 6.61 Å². The van der Waals surface area contributed by atoms with Crippen molar-refractivity contribution in [2.45, 2.75) is 38.8 Å². The van der Waals surface area contributed by atoms with Crippen molar-refractivity contribution in [2.75, 3.05) is 33.4 Å². The van der Waals surface area contributed by atoms with Crippen molar-refractivity contribution in [1.82, 2.24) is 9.80 Å². The van der Waals surface area contributed by atoms with Crippen molar-refractivity contribution >= 4 is 17.5 Å². The monoisotopic (exact) mass is 338 g/mol. The number of methoxy groups -OCH3 is 1. The Labute approximate surface area is 144 Å². The van der Waals surface area contributed by atoms with E-state index in [1.807, 2.05) is 29.2 Å². The summed E-state index contributed by atoms with van der Waals surface area (Å²) in [6.07, 6.45) is 1.28. The van der Waals surface area contributed by atoms with E-state index in [4.69, 9.17) is 16.3 Å². The molecule has 0 saturated carbocycles. The molecule has 0 aliphatic carbocycles. The molecule has 23 heavy (non-hydrogen) atoms. The van der Waals surface area contributed by atoms with Gasteiger partial charge in [-0.25, -0.2) is 0 Å². The summed E-state index contributed by atoms with van der Waals surface area (Å²) in [6.45, 7) is 7.61. The molecule has 0 bridgehead atoms. The van der Waals surface area contributed by atoms with Crippen molar-refractivity contribution in [3.8, 4) is 0 Å². The maximum Gasteiger partial charge on any atom is 0.223 e. The number of halogens is 1. The molecular formula is C18H27ClN2O2. The highest BCUT2D eigenvalue weighted by atomic mass is 35.5. The predicted molar refractivity (Wildman–Crippen MR) is 93.9 cm³/mol. The van der Waals surface area contributed by atoms with Gasteiger partial charge in [0.1, 0.15) is 0 Å². The number of piperazine rings is 1. The molecular weight excluding hydrogens is 312 g/mol. The molecule has 2 unspecified atom stereocenters. The van der Waals surface area contributed by atoms with Gasteiger partial charge >= 0.3 is 0 Å². The summed E-state index contributed by atoms with van der Waals surface area (Å²) in [4.78, 5) is 16.9. The summed E-state index contributed by atoms with van der Waals surface area (Å²) in [5.41, 5.74) is 1.12. The lowest BCUT2D eigenvalue weighted by molar-refractivity contribution is -0.135. The van der Waals surface area contributed by atoms with Gasteiger partial charge in [0.2, 0.25) is 5.91 Å². The van der Waals surface area contributed by atoms with Gasteiger partial charge in [-0.3, -0.25) is 9.69 Å².